The summed E-state index contributed by atoms with van der Waals surface area (Å²) >= 11 is 0. The lowest BCUT2D eigenvalue weighted by atomic mass is 10.1. The smallest absolute Gasteiger partial charge is 0.351 e. The van der Waals surface area contributed by atoms with Gasteiger partial charge in [0.15, 0.2) is 6.23 Å². The van der Waals surface area contributed by atoms with Gasteiger partial charge in [-0.25, -0.2) is 4.79 Å². The molecule has 0 saturated carbocycles. The highest BCUT2D eigenvalue weighted by Crippen LogP contribution is 2.38. The van der Waals surface area contributed by atoms with E-state index in [0.717, 1.165) is 4.57 Å². The lowest BCUT2D eigenvalue weighted by Crippen LogP contribution is -2.39. The van der Waals surface area contributed by atoms with E-state index < -0.39 is 44.7 Å². The molecule has 12 heteroatoms. The van der Waals surface area contributed by atoms with Crippen molar-refractivity contribution in [3.63, 3.8) is 0 Å². The van der Waals surface area contributed by atoms with Crippen LogP contribution in [-0.2, 0) is 13.8 Å². The third-order valence-corrected chi connectivity index (χ3v) is 3.37. The molecule has 11 nitrogen and oxygen atoms in total. The number of nitrogens with two attached hydrogens (primary N) is 1. The second-order valence-corrected chi connectivity index (χ2v) is 5.40. The van der Waals surface area contributed by atoms with Crippen molar-refractivity contribution < 1.29 is 33.8 Å². The van der Waals surface area contributed by atoms with Crippen molar-refractivity contribution in [2.24, 2.45) is 0 Å². The number of aliphatic hydroxyl groups excluding tert-OH is 2. The lowest BCUT2D eigenvalue weighted by molar-refractivity contribution is -0.347. The van der Waals surface area contributed by atoms with E-state index in [-0.39, 0.29) is 5.82 Å². The summed E-state index contributed by atoms with van der Waals surface area (Å²) in [4.78, 5) is 36.4. The maximum atomic E-state index is 11.7. The van der Waals surface area contributed by atoms with E-state index in [1.165, 1.54) is 12.3 Å². The third kappa shape index (κ3) is 3.47. The first kappa shape index (κ1) is 16.0. The maximum Gasteiger partial charge on any atom is 0.351 e. The number of aliphatic hydroxyl groups is 2. The number of aromatic nitrogens is 2. The molecule has 1 aliphatic heterocycles. The quantitative estimate of drug-likeness (QED) is 0.466. The van der Waals surface area contributed by atoms with Gasteiger partial charge in [0.1, 0.15) is 24.1 Å². The standard InChI is InChI=1S/C9H14N3O8P/c10-5-1-2-12(9(15)11-5)8-6(14)7(4(3-13)19-8)20-21(16,17)18/h1-2,4,6-8,13-14H,3H2,(H2,10,11,15)(H2,16,17,18)/p-2. The number of nitrogen functional groups attached to an aromatic ring is 1. The summed E-state index contributed by atoms with van der Waals surface area (Å²) in [5, 5.41) is 19.1. The number of hydrogen-bond acceptors (Lipinski definition) is 10. The van der Waals surface area contributed by atoms with Crippen molar-refractivity contribution in [1.29, 1.82) is 0 Å². The fraction of sp³-hybridized carbons (Fsp3) is 0.556. The molecule has 0 radical (unpaired) electrons. The summed E-state index contributed by atoms with van der Waals surface area (Å²) in [6.45, 7) is -0.727. The first-order valence-corrected chi connectivity index (χ1v) is 7.18. The summed E-state index contributed by atoms with van der Waals surface area (Å²) in [6, 6.07) is 1.26. The second kappa shape index (κ2) is 5.81. The predicted octanol–water partition coefficient (Wildman–Crippen LogP) is -3.71. The molecule has 1 aliphatic rings. The predicted molar refractivity (Wildman–Crippen MR) is 62.4 cm³/mol. The van der Waals surface area contributed by atoms with Gasteiger partial charge in [-0.1, -0.05) is 0 Å². The van der Waals surface area contributed by atoms with Crippen molar-refractivity contribution in [3.8, 4) is 0 Å². The van der Waals surface area contributed by atoms with Crippen LogP contribution in [0.2, 0.25) is 0 Å². The number of hydrogen-bond donors (Lipinski definition) is 3. The van der Waals surface area contributed by atoms with Crippen LogP contribution in [0, 0.1) is 0 Å². The van der Waals surface area contributed by atoms with Gasteiger partial charge in [-0.2, -0.15) is 4.98 Å². The number of ether oxygens (including phenoxy) is 1. The normalized spacial score (nSPS) is 29.7. The molecule has 4 N–H and O–H groups in total. The third-order valence-electron chi connectivity index (χ3n) is 2.87. The Hall–Kier alpha value is -1.33. The molecular formula is C9H12N3O8P-2. The summed E-state index contributed by atoms with van der Waals surface area (Å²) in [6.07, 6.45) is -4.82. The van der Waals surface area contributed by atoms with E-state index in [0.29, 0.717) is 0 Å². The first-order chi connectivity index (χ1) is 9.73. The van der Waals surface area contributed by atoms with Crippen LogP contribution in [0.5, 0.6) is 0 Å². The zero-order valence-electron chi connectivity index (χ0n) is 10.4. The molecule has 1 aromatic heterocycles. The fourth-order valence-electron chi connectivity index (χ4n) is 2.00. The monoisotopic (exact) mass is 321 g/mol. The van der Waals surface area contributed by atoms with Gasteiger partial charge in [0, 0.05) is 6.20 Å². The van der Waals surface area contributed by atoms with Crippen LogP contribution in [0.1, 0.15) is 6.23 Å². The average molecular weight is 321 g/mol. The zero-order valence-corrected chi connectivity index (χ0v) is 11.3. The molecule has 4 atom stereocenters. The van der Waals surface area contributed by atoms with Gasteiger partial charge in [0.05, 0.1) is 14.4 Å². The number of rotatable bonds is 4. The minimum Gasteiger partial charge on any atom is -0.790 e. The van der Waals surface area contributed by atoms with E-state index in [1.54, 1.807) is 0 Å². The van der Waals surface area contributed by atoms with E-state index >= 15 is 0 Å². The maximum absolute atomic E-state index is 11.7. The fourth-order valence-corrected chi connectivity index (χ4v) is 2.55. The highest BCUT2D eigenvalue weighted by atomic mass is 31.2. The molecule has 21 heavy (non-hydrogen) atoms. The van der Waals surface area contributed by atoms with Crippen molar-refractivity contribution in [1.82, 2.24) is 9.55 Å². The van der Waals surface area contributed by atoms with Gasteiger partial charge in [0.25, 0.3) is 0 Å². The molecular weight excluding hydrogens is 309 g/mol. The van der Waals surface area contributed by atoms with E-state index in [1.807, 2.05) is 0 Å². The van der Waals surface area contributed by atoms with Crippen LogP contribution < -0.4 is 21.2 Å². The number of phosphoric acid groups is 1. The van der Waals surface area contributed by atoms with Crippen LogP contribution in [0.3, 0.4) is 0 Å². The topological polar surface area (TPSA) is 183 Å². The summed E-state index contributed by atoms with van der Waals surface area (Å²) in [5.41, 5.74) is 4.46. The highest BCUT2D eigenvalue weighted by molar-refractivity contribution is 7.43. The Kier molecular flexibility index (Phi) is 4.44. The molecule has 0 bridgehead atoms. The van der Waals surface area contributed by atoms with Crippen molar-refractivity contribution in [2.75, 3.05) is 12.3 Å². The first-order valence-electron chi connectivity index (χ1n) is 5.72. The molecule has 0 amide bonds. The van der Waals surface area contributed by atoms with Gasteiger partial charge in [-0.3, -0.25) is 4.57 Å². The van der Waals surface area contributed by atoms with E-state index in [2.05, 4.69) is 9.51 Å². The largest absolute Gasteiger partial charge is 0.790 e. The van der Waals surface area contributed by atoms with Gasteiger partial charge < -0.3 is 39.6 Å². The summed E-state index contributed by atoms with van der Waals surface area (Å²) in [7, 11) is -5.41. The van der Waals surface area contributed by atoms with Crippen LogP contribution in [0.25, 0.3) is 0 Å². The molecule has 2 heterocycles. The number of anilines is 1. The van der Waals surface area contributed by atoms with Crippen LogP contribution in [0.4, 0.5) is 5.82 Å². The molecule has 1 aromatic rings. The van der Waals surface area contributed by atoms with Crippen LogP contribution in [-0.4, -0.2) is 44.7 Å². The van der Waals surface area contributed by atoms with Crippen molar-refractivity contribution in [3.05, 3.63) is 22.7 Å². The Balaban J connectivity index is 2.31. The van der Waals surface area contributed by atoms with E-state index in [9.17, 15) is 24.3 Å². The minimum absolute atomic E-state index is 0.0566. The lowest BCUT2D eigenvalue weighted by Gasteiger charge is -2.34. The Morgan fingerprint density at radius 2 is 2.24 bits per heavy atom. The Bertz CT molecular complexity index is 615. The Labute approximate surface area is 117 Å². The summed E-state index contributed by atoms with van der Waals surface area (Å²) < 4.78 is 20.8. The number of phosphoric ester groups is 1. The van der Waals surface area contributed by atoms with Gasteiger partial charge >= 0.3 is 5.69 Å². The molecule has 0 aliphatic carbocycles. The Morgan fingerprint density at radius 3 is 2.76 bits per heavy atom. The van der Waals surface area contributed by atoms with Gasteiger partial charge in [0.2, 0.25) is 0 Å². The van der Waals surface area contributed by atoms with E-state index in [4.69, 9.17) is 15.6 Å². The van der Waals surface area contributed by atoms with Gasteiger partial charge in [-0.15, -0.1) is 0 Å². The Morgan fingerprint density at radius 1 is 1.57 bits per heavy atom. The van der Waals surface area contributed by atoms with Crippen molar-refractivity contribution in [2.45, 2.75) is 24.5 Å². The SMILES string of the molecule is Nc1ccn(C2OC(CO)C(OP(=O)([O-])[O-])C2O)c(=O)n1. The summed E-state index contributed by atoms with van der Waals surface area (Å²) in [5.74, 6) is -0.0566. The molecule has 1 saturated heterocycles. The molecule has 0 spiro atoms. The van der Waals surface area contributed by atoms with Gasteiger partial charge in [-0.05, 0) is 6.07 Å². The highest BCUT2D eigenvalue weighted by Gasteiger charge is 2.46. The number of nitrogens with zero attached hydrogens (tertiary/aromatic N) is 2. The van der Waals surface area contributed by atoms with Crippen LogP contribution in [0.15, 0.2) is 17.1 Å². The zero-order chi connectivity index (χ0) is 15.8. The molecule has 1 fully saturated rings. The van der Waals surface area contributed by atoms with Crippen LogP contribution >= 0.6 is 7.82 Å². The molecule has 118 valence electrons. The average Bonchev–Trinajstić information content (AvgIpc) is 2.65. The van der Waals surface area contributed by atoms with Crippen molar-refractivity contribution >= 4 is 13.6 Å². The molecule has 4 unspecified atom stereocenters. The molecule has 2 rings (SSSR count). The molecule has 0 aromatic carbocycles. The second-order valence-electron chi connectivity index (χ2n) is 4.30. The minimum atomic E-state index is -5.41.